The Labute approximate surface area is 240 Å². The van der Waals surface area contributed by atoms with Gasteiger partial charge in [-0.2, -0.15) is 0 Å². The van der Waals surface area contributed by atoms with Gasteiger partial charge in [-0.1, -0.05) is 97.1 Å². The third-order valence-corrected chi connectivity index (χ3v) is 8.06. The Bertz CT molecular complexity index is 1860. The van der Waals surface area contributed by atoms with E-state index in [0.717, 1.165) is 35.0 Å². The van der Waals surface area contributed by atoms with Gasteiger partial charge in [0.05, 0.1) is 6.04 Å². The van der Waals surface area contributed by atoms with Gasteiger partial charge in [0.25, 0.3) is 0 Å². The maximum Gasteiger partial charge on any atom is 0.335 e. The second kappa shape index (κ2) is 10.1. The van der Waals surface area contributed by atoms with Gasteiger partial charge >= 0.3 is 5.97 Å². The average molecular weight is 532 g/mol. The van der Waals surface area contributed by atoms with Crippen LogP contribution in [0.2, 0.25) is 0 Å². The van der Waals surface area contributed by atoms with Gasteiger partial charge in [-0.05, 0) is 93.9 Å². The van der Waals surface area contributed by atoms with Crippen molar-refractivity contribution in [1.82, 2.24) is 0 Å². The number of allylic oxidation sites excluding steroid dienone is 1. The van der Waals surface area contributed by atoms with Crippen LogP contribution in [0.15, 0.2) is 122 Å². The molecular weight excluding hydrogens is 502 g/mol. The van der Waals surface area contributed by atoms with E-state index < -0.39 is 5.97 Å². The first-order chi connectivity index (χ1) is 20.1. The standard InChI is InChI=1S/C38H29NO2/c1-3-36(40)41-33-21-13-27(14-22-33)26-11-19-32(20-12-26)39(31-17-7-25(2)8-18-31)35-24-16-30-10-9-28-5-4-6-29-15-23-34(35)38(30)37(28)29/h3-5,7-24,35H,1,6H2,2H3. The molecule has 0 radical (unpaired) electrons. The third-order valence-electron chi connectivity index (χ3n) is 8.06. The zero-order valence-electron chi connectivity index (χ0n) is 22.9. The van der Waals surface area contributed by atoms with Crippen LogP contribution in [0.25, 0.3) is 34.1 Å². The van der Waals surface area contributed by atoms with Gasteiger partial charge in [0.1, 0.15) is 5.75 Å². The number of hydrogen-bond acceptors (Lipinski definition) is 3. The van der Waals surface area contributed by atoms with Crippen LogP contribution in [0.3, 0.4) is 0 Å². The molecule has 5 aromatic carbocycles. The van der Waals surface area contributed by atoms with E-state index in [4.69, 9.17) is 4.74 Å². The van der Waals surface area contributed by atoms with Gasteiger partial charge in [-0.25, -0.2) is 4.79 Å². The van der Waals surface area contributed by atoms with Crippen molar-refractivity contribution in [1.29, 1.82) is 0 Å². The van der Waals surface area contributed by atoms with Crippen LogP contribution in [0, 0.1) is 6.92 Å². The number of ether oxygens (including phenoxy) is 1. The van der Waals surface area contributed by atoms with E-state index in [1.54, 1.807) is 12.1 Å². The number of anilines is 2. The van der Waals surface area contributed by atoms with Gasteiger partial charge in [-0.3, -0.25) is 0 Å². The molecule has 0 fully saturated rings. The van der Waals surface area contributed by atoms with E-state index in [2.05, 4.69) is 116 Å². The Morgan fingerprint density at radius 3 is 2.10 bits per heavy atom. The molecule has 1 unspecified atom stereocenters. The van der Waals surface area contributed by atoms with Gasteiger partial charge in [0.15, 0.2) is 0 Å². The number of aryl methyl sites for hydroxylation is 1. The average Bonchev–Trinajstić information content (AvgIpc) is 3.02. The molecule has 5 aromatic rings. The normalized spacial score (nSPS) is 14.6. The lowest BCUT2D eigenvalue weighted by atomic mass is 9.83. The molecule has 0 aromatic heterocycles. The van der Waals surface area contributed by atoms with Crippen molar-refractivity contribution in [3.8, 4) is 16.9 Å². The molecule has 0 saturated carbocycles. The summed E-state index contributed by atoms with van der Waals surface area (Å²) >= 11 is 0. The predicted molar refractivity (Wildman–Crippen MR) is 169 cm³/mol. The van der Waals surface area contributed by atoms with E-state index in [1.165, 1.54) is 38.6 Å². The first-order valence-electron chi connectivity index (χ1n) is 13.9. The van der Waals surface area contributed by atoms with Crippen molar-refractivity contribution < 1.29 is 9.53 Å². The summed E-state index contributed by atoms with van der Waals surface area (Å²) < 4.78 is 5.23. The summed E-state index contributed by atoms with van der Waals surface area (Å²) in [7, 11) is 0. The summed E-state index contributed by atoms with van der Waals surface area (Å²) in [4.78, 5) is 14.0. The maximum absolute atomic E-state index is 11.5. The number of nitrogens with zero attached hydrogens (tertiary/aromatic N) is 1. The largest absolute Gasteiger partial charge is 0.423 e. The zero-order chi connectivity index (χ0) is 27.9. The number of carbonyl (C=O) groups excluding carboxylic acids is 1. The Morgan fingerprint density at radius 2 is 1.41 bits per heavy atom. The zero-order valence-corrected chi connectivity index (χ0v) is 22.9. The number of esters is 1. The van der Waals surface area contributed by atoms with E-state index >= 15 is 0 Å². The molecule has 3 nitrogen and oxygen atoms in total. The monoisotopic (exact) mass is 531 g/mol. The quantitative estimate of drug-likeness (QED) is 0.124. The fourth-order valence-corrected chi connectivity index (χ4v) is 6.04. The second-order valence-electron chi connectivity index (χ2n) is 10.6. The van der Waals surface area contributed by atoms with Crippen molar-refractivity contribution in [2.75, 3.05) is 4.90 Å². The fourth-order valence-electron chi connectivity index (χ4n) is 6.04. The van der Waals surface area contributed by atoms with E-state index in [0.29, 0.717) is 5.75 Å². The van der Waals surface area contributed by atoms with E-state index in [-0.39, 0.29) is 6.04 Å². The first-order valence-corrected chi connectivity index (χ1v) is 13.9. The van der Waals surface area contributed by atoms with Gasteiger partial charge in [-0.15, -0.1) is 0 Å². The topological polar surface area (TPSA) is 29.5 Å². The molecule has 198 valence electrons. The lowest BCUT2D eigenvalue weighted by Gasteiger charge is -2.36. The van der Waals surface area contributed by atoms with Crippen LogP contribution in [0.4, 0.5) is 11.4 Å². The molecule has 0 heterocycles. The fraction of sp³-hybridized carbons (Fsp3) is 0.0789. The van der Waals surface area contributed by atoms with Crippen molar-refractivity contribution in [3.63, 3.8) is 0 Å². The van der Waals surface area contributed by atoms with Crippen LogP contribution >= 0.6 is 0 Å². The summed E-state index contributed by atoms with van der Waals surface area (Å²) in [5, 5.41) is 2.75. The summed E-state index contributed by atoms with van der Waals surface area (Å²) in [6, 6.07) is 34.2. The highest BCUT2D eigenvalue weighted by atomic mass is 16.5. The van der Waals surface area contributed by atoms with Gasteiger partial charge in [0, 0.05) is 17.5 Å². The van der Waals surface area contributed by atoms with Crippen molar-refractivity contribution in [2.45, 2.75) is 19.4 Å². The molecule has 0 spiro atoms. The smallest absolute Gasteiger partial charge is 0.335 e. The lowest BCUT2D eigenvalue weighted by molar-refractivity contribution is -0.128. The molecule has 0 N–H and O–H groups in total. The molecule has 2 aliphatic carbocycles. The number of carbonyl (C=O) groups is 1. The Balaban J connectivity index is 1.30. The molecular formula is C38H29NO2. The minimum Gasteiger partial charge on any atom is -0.423 e. The molecule has 3 heteroatoms. The summed E-state index contributed by atoms with van der Waals surface area (Å²) in [6.45, 7) is 5.58. The van der Waals surface area contributed by atoms with Crippen LogP contribution in [-0.2, 0) is 11.2 Å². The predicted octanol–water partition coefficient (Wildman–Crippen LogP) is 9.38. The molecule has 0 bridgehead atoms. The van der Waals surface area contributed by atoms with Crippen LogP contribution in [0.1, 0.15) is 33.9 Å². The minimum absolute atomic E-state index is 0.0464. The highest BCUT2D eigenvalue weighted by Gasteiger charge is 2.27. The van der Waals surface area contributed by atoms with Crippen molar-refractivity contribution in [2.24, 2.45) is 0 Å². The Morgan fingerprint density at radius 1 is 0.780 bits per heavy atom. The number of hydrogen-bond donors (Lipinski definition) is 0. The van der Waals surface area contributed by atoms with Crippen molar-refractivity contribution in [3.05, 3.63) is 150 Å². The van der Waals surface area contributed by atoms with Crippen molar-refractivity contribution >= 4 is 40.3 Å². The van der Waals surface area contributed by atoms with E-state index in [9.17, 15) is 4.79 Å². The maximum atomic E-state index is 11.5. The summed E-state index contributed by atoms with van der Waals surface area (Å²) in [5.74, 6) is 0.0373. The highest BCUT2D eigenvalue weighted by molar-refractivity contribution is 6.03. The molecule has 0 saturated heterocycles. The SMILES string of the molecule is C=CC(=O)Oc1ccc(-c2ccc(N(c3ccc(C)cc3)C3C=Cc4ccc5c6c(ccc3c46)CC=C5)cc2)cc1. The lowest BCUT2D eigenvalue weighted by Crippen LogP contribution is -2.24. The highest BCUT2D eigenvalue weighted by Crippen LogP contribution is 2.45. The second-order valence-corrected chi connectivity index (χ2v) is 10.6. The van der Waals surface area contributed by atoms with E-state index in [1.807, 2.05) is 12.1 Å². The summed E-state index contributed by atoms with van der Waals surface area (Å²) in [5.41, 5.74) is 11.0. The molecule has 2 aliphatic rings. The van der Waals surface area contributed by atoms with Crippen LogP contribution in [0.5, 0.6) is 5.75 Å². The van der Waals surface area contributed by atoms with Crippen LogP contribution < -0.4 is 9.64 Å². The summed E-state index contributed by atoms with van der Waals surface area (Å²) in [6.07, 6.45) is 11.3. The number of rotatable bonds is 6. The molecule has 7 rings (SSSR count). The van der Waals surface area contributed by atoms with Crippen LogP contribution in [-0.4, -0.2) is 5.97 Å². The minimum atomic E-state index is -0.463. The Hall–Kier alpha value is -5.15. The third kappa shape index (κ3) is 4.46. The first kappa shape index (κ1) is 24.9. The Kier molecular flexibility index (Phi) is 6.13. The molecule has 0 amide bonds. The molecule has 41 heavy (non-hydrogen) atoms. The number of benzene rings is 5. The molecule has 0 aliphatic heterocycles. The molecule has 1 atom stereocenters. The van der Waals surface area contributed by atoms with Gasteiger partial charge < -0.3 is 9.64 Å². The van der Waals surface area contributed by atoms with Gasteiger partial charge in [0.2, 0.25) is 0 Å².